The van der Waals surface area contributed by atoms with Gasteiger partial charge in [-0.3, -0.25) is 0 Å². The Balaban J connectivity index is 1.85. The van der Waals surface area contributed by atoms with Crippen LogP contribution in [0.25, 0.3) is 11.4 Å². The van der Waals surface area contributed by atoms with Crippen LogP contribution in [0.2, 0.25) is 0 Å². The van der Waals surface area contributed by atoms with Gasteiger partial charge >= 0.3 is 0 Å². The fraction of sp³-hybridized carbons (Fsp3) is 0.529. The first-order valence-electron chi connectivity index (χ1n) is 8.68. The van der Waals surface area contributed by atoms with Crippen LogP contribution in [0.1, 0.15) is 13.3 Å². The lowest BCUT2D eigenvalue weighted by atomic mass is 10.2. The average Bonchev–Trinajstić information content (AvgIpc) is 3.13. The SMILES string of the molecule is CC[NH+](Cn1nc(-c2ccc(OC)cc2)n(C)c1=S)[C@@H]1CCS(=O)(=O)C1. The van der Waals surface area contributed by atoms with Crippen molar-refractivity contribution in [3.63, 3.8) is 0 Å². The van der Waals surface area contributed by atoms with Crippen molar-refractivity contribution in [1.29, 1.82) is 0 Å². The van der Waals surface area contributed by atoms with Gasteiger partial charge in [-0.25, -0.2) is 8.42 Å². The number of benzene rings is 1. The number of aromatic nitrogens is 3. The molecular weight excluding hydrogens is 372 g/mol. The Morgan fingerprint density at radius 3 is 2.58 bits per heavy atom. The summed E-state index contributed by atoms with van der Waals surface area (Å²) in [5, 5.41) is 4.69. The van der Waals surface area contributed by atoms with Crippen LogP contribution in [0.15, 0.2) is 24.3 Å². The predicted octanol–water partition coefficient (Wildman–Crippen LogP) is 0.676. The fourth-order valence-electron chi connectivity index (χ4n) is 3.42. The lowest BCUT2D eigenvalue weighted by Crippen LogP contribution is -3.15. The fourth-order valence-corrected chi connectivity index (χ4v) is 5.44. The molecule has 0 spiro atoms. The first-order valence-corrected chi connectivity index (χ1v) is 10.9. The van der Waals surface area contributed by atoms with Crippen molar-refractivity contribution in [3.8, 4) is 17.1 Å². The highest BCUT2D eigenvalue weighted by Crippen LogP contribution is 2.20. The van der Waals surface area contributed by atoms with Gasteiger partial charge in [0.2, 0.25) is 4.77 Å². The van der Waals surface area contributed by atoms with Crippen LogP contribution in [-0.4, -0.2) is 54.0 Å². The highest BCUT2D eigenvalue weighted by molar-refractivity contribution is 7.91. The molecular formula is C17H25N4O3S2+. The van der Waals surface area contributed by atoms with E-state index in [2.05, 4.69) is 6.92 Å². The van der Waals surface area contributed by atoms with E-state index in [1.54, 1.807) is 11.8 Å². The molecule has 3 rings (SSSR count). The Kier molecular flexibility index (Phi) is 5.50. The van der Waals surface area contributed by atoms with Crippen LogP contribution in [0.4, 0.5) is 0 Å². The molecule has 7 nitrogen and oxygen atoms in total. The highest BCUT2D eigenvalue weighted by Gasteiger charge is 2.35. The molecule has 1 aromatic carbocycles. The molecule has 0 saturated carbocycles. The van der Waals surface area contributed by atoms with Crippen molar-refractivity contribution in [3.05, 3.63) is 29.0 Å². The molecule has 9 heteroatoms. The number of quaternary nitrogens is 1. The van der Waals surface area contributed by atoms with Crippen LogP contribution in [0.5, 0.6) is 5.75 Å². The summed E-state index contributed by atoms with van der Waals surface area (Å²) in [6.07, 6.45) is 0.705. The van der Waals surface area contributed by atoms with Crippen molar-refractivity contribution in [1.82, 2.24) is 14.3 Å². The summed E-state index contributed by atoms with van der Waals surface area (Å²) in [6, 6.07) is 7.80. The van der Waals surface area contributed by atoms with Gasteiger partial charge in [0.25, 0.3) is 0 Å². The zero-order valence-corrected chi connectivity index (χ0v) is 16.9. The van der Waals surface area contributed by atoms with Gasteiger partial charge in [0.1, 0.15) is 17.5 Å². The maximum Gasteiger partial charge on any atom is 0.202 e. The first-order chi connectivity index (χ1) is 12.3. The Hall–Kier alpha value is -1.71. The summed E-state index contributed by atoms with van der Waals surface area (Å²) >= 11 is 5.56. The third-order valence-electron chi connectivity index (χ3n) is 5.01. The lowest BCUT2D eigenvalue weighted by molar-refractivity contribution is -0.943. The standard InChI is InChI=1S/C17H24N4O3S2/c1-4-20(14-9-10-26(22,23)11-14)12-21-17(25)19(2)16(18-21)13-5-7-15(24-3)8-6-13/h5-8,14H,4,9-12H2,1-3H3/p+1/t14-/m1/s1. The third kappa shape index (κ3) is 3.84. The minimum atomic E-state index is -2.90. The molecule has 1 fully saturated rings. The highest BCUT2D eigenvalue weighted by atomic mass is 32.2. The molecule has 0 bridgehead atoms. The second kappa shape index (κ2) is 7.50. The van der Waals surface area contributed by atoms with Gasteiger partial charge in [-0.05, 0) is 43.4 Å². The zero-order chi connectivity index (χ0) is 18.9. The Morgan fingerprint density at radius 2 is 2.04 bits per heavy atom. The Bertz CT molecular complexity index is 932. The molecule has 142 valence electrons. The van der Waals surface area contributed by atoms with E-state index in [0.717, 1.165) is 23.7 Å². The van der Waals surface area contributed by atoms with Crippen molar-refractivity contribution in [2.45, 2.75) is 26.1 Å². The van der Waals surface area contributed by atoms with E-state index >= 15 is 0 Å². The van der Waals surface area contributed by atoms with E-state index in [9.17, 15) is 8.42 Å². The van der Waals surface area contributed by atoms with Crippen molar-refractivity contribution < 1.29 is 18.1 Å². The molecule has 1 saturated heterocycles. The second-order valence-electron chi connectivity index (χ2n) is 6.66. The molecule has 2 heterocycles. The zero-order valence-electron chi connectivity index (χ0n) is 15.3. The molecule has 0 radical (unpaired) electrons. The van der Waals surface area contributed by atoms with Crippen molar-refractivity contribution >= 4 is 22.1 Å². The molecule has 1 aliphatic rings. The summed E-state index contributed by atoms with van der Waals surface area (Å²) < 4.78 is 33.1. The normalized spacial score (nSPS) is 20.2. The smallest absolute Gasteiger partial charge is 0.202 e. The van der Waals surface area contributed by atoms with E-state index < -0.39 is 9.84 Å². The summed E-state index contributed by atoms with van der Waals surface area (Å²) in [7, 11) is 0.636. The summed E-state index contributed by atoms with van der Waals surface area (Å²) in [5.41, 5.74) is 0.958. The lowest BCUT2D eigenvalue weighted by Gasteiger charge is -2.22. The number of hydrogen-bond donors (Lipinski definition) is 1. The number of methoxy groups -OCH3 is 1. The number of ether oxygens (including phenoxy) is 1. The maximum atomic E-state index is 11.8. The van der Waals surface area contributed by atoms with Gasteiger partial charge in [-0.15, -0.1) is 5.10 Å². The maximum absolute atomic E-state index is 11.8. The monoisotopic (exact) mass is 397 g/mol. The van der Waals surface area contributed by atoms with Gasteiger partial charge in [-0.1, -0.05) is 0 Å². The van der Waals surface area contributed by atoms with Crippen LogP contribution in [0.3, 0.4) is 0 Å². The molecule has 0 aliphatic carbocycles. The summed E-state index contributed by atoms with van der Waals surface area (Å²) in [4.78, 5) is 1.20. The van der Waals surface area contributed by atoms with E-state index in [1.165, 1.54) is 4.90 Å². The Morgan fingerprint density at radius 1 is 1.35 bits per heavy atom. The van der Waals surface area contributed by atoms with E-state index in [4.69, 9.17) is 22.1 Å². The Labute approximate surface area is 159 Å². The van der Waals surface area contributed by atoms with Crippen LogP contribution >= 0.6 is 12.2 Å². The molecule has 1 aliphatic heterocycles. The van der Waals surface area contributed by atoms with Gasteiger partial charge in [0.15, 0.2) is 22.3 Å². The molecule has 1 unspecified atom stereocenters. The molecule has 1 aromatic heterocycles. The van der Waals surface area contributed by atoms with Gasteiger partial charge < -0.3 is 14.2 Å². The van der Waals surface area contributed by atoms with Crippen molar-refractivity contribution in [2.24, 2.45) is 7.05 Å². The molecule has 2 atom stereocenters. The first kappa shape index (κ1) is 19.1. The minimum absolute atomic E-state index is 0.110. The van der Waals surface area contributed by atoms with Crippen LogP contribution < -0.4 is 9.64 Å². The number of hydrogen-bond acceptors (Lipinski definition) is 5. The largest absolute Gasteiger partial charge is 0.497 e. The molecule has 1 N–H and O–H groups in total. The molecule has 2 aromatic rings. The molecule has 0 amide bonds. The van der Waals surface area contributed by atoms with E-state index in [0.29, 0.717) is 17.9 Å². The number of sulfone groups is 1. The minimum Gasteiger partial charge on any atom is -0.497 e. The number of nitrogens with one attached hydrogen (secondary N) is 1. The van der Waals surface area contributed by atoms with Gasteiger partial charge in [0.05, 0.1) is 19.4 Å². The average molecular weight is 398 g/mol. The number of rotatable bonds is 6. The number of nitrogens with zero attached hydrogens (tertiary/aromatic N) is 3. The van der Waals surface area contributed by atoms with Gasteiger partial charge in [-0.2, -0.15) is 4.68 Å². The van der Waals surface area contributed by atoms with E-state index in [-0.39, 0.29) is 17.5 Å². The van der Waals surface area contributed by atoms with Crippen LogP contribution in [-0.2, 0) is 23.6 Å². The summed E-state index contributed by atoms with van der Waals surface area (Å²) in [5.74, 6) is 2.11. The van der Waals surface area contributed by atoms with Crippen molar-refractivity contribution in [2.75, 3.05) is 25.2 Å². The second-order valence-corrected chi connectivity index (χ2v) is 9.26. The quantitative estimate of drug-likeness (QED) is 0.726. The molecule has 26 heavy (non-hydrogen) atoms. The van der Waals surface area contributed by atoms with Gasteiger partial charge in [0, 0.05) is 19.0 Å². The summed E-state index contributed by atoms with van der Waals surface area (Å²) in [6.45, 7) is 3.47. The topological polar surface area (TPSA) is 70.6 Å². The van der Waals surface area contributed by atoms with Crippen LogP contribution in [0, 0.1) is 4.77 Å². The third-order valence-corrected chi connectivity index (χ3v) is 7.26. The van der Waals surface area contributed by atoms with E-state index in [1.807, 2.05) is 35.9 Å². The predicted molar refractivity (Wildman–Crippen MR) is 103 cm³/mol.